The number of hydrogen-bond donors (Lipinski definition) is 0. The largest absolute Gasteiger partial charge is 0.493 e. The Hall–Kier alpha value is -0.780. The van der Waals surface area contributed by atoms with Crippen molar-refractivity contribution >= 4 is 19.7 Å². The average Bonchev–Trinajstić information content (AvgIpc) is 2.32. The Morgan fingerprint density at radius 3 is 2.40 bits per heavy atom. The van der Waals surface area contributed by atoms with Crippen LogP contribution in [-0.4, -0.2) is 28.7 Å². The zero-order chi connectivity index (χ0) is 15.3. The predicted octanol–water partition coefficient (Wildman–Crippen LogP) is 3.46. The molecule has 0 heterocycles. The number of benzene rings is 1. The van der Waals surface area contributed by atoms with Gasteiger partial charge in [-0.1, -0.05) is 13.8 Å². The summed E-state index contributed by atoms with van der Waals surface area (Å²) in [7, 11) is 3.36. The van der Waals surface area contributed by atoms with Gasteiger partial charge in [0.05, 0.1) is 11.5 Å². The van der Waals surface area contributed by atoms with Crippen LogP contribution in [0, 0.1) is 6.92 Å². The van der Waals surface area contributed by atoms with E-state index in [0.29, 0.717) is 24.5 Å². The summed E-state index contributed by atoms with van der Waals surface area (Å²) in [6.07, 6.45) is 0.780. The summed E-state index contributed by atoms with van der Waals surface area (Å²) in [5.74, 6) is 0.850. The molecule has 0 atom stereocenters. The lowest BCUT2D eigenvalue weighted by atomic mass is 10.0. The van der Waals surface area contributed by atoms with Crippen molar-refractivity contribution in [3.8, 4) is 5.75 Å². The minimum atomic E-state index is -3.74. The minimum absolute atomic E-state index is 0.144. The van der Waals surface area contributed by atoms with Gasteiger partial charge in [-0.3, -0.25) is 0 Å². The van der Waals surface area contributed by atoms with Crippen molar-refractivity contribution < 1.29 is 17.9 Å². The van der Waals surface area contributed by atoms with Crippen molar-refractivity contribution in [3.63, 3.8) is 0 Å². The molecule has 0 saturated carbocycles. The topological polar surface area (TPSA) is 52.6 Å². The highest BCUT2D eigenvalue weighted by Gasteiger charge is 2.19. The van der Waals surface area contributed by atoms with Crippen LogP contribution in [0.2, 0.25) is 0 Å². The van der Waals surface area contributed by atoms with Crippen LogP contribution >= 0.6 is 10.7 Å². The molecule has 0 aliphatic rings. The first kappa shape index (κ1) is 17.3. The van der Waals surface area contributed by atoms with Crippen LogP contribution in [0.15, 0.2) is 17.0 Å². The lowest BCUT2D eigenvalue weighted by Crippen LogP contribution is -2.06. The van der Waals surface area contributed by atoms with E-state index in [0.717, 1.165) is 12.0 Å². The van der Waals surface area contributed by atoms with Gasteiger partial charge in [0.25, 0.3) is 9.05 Å². The van der Waals surface area contributed by atoms with E-state index in [-0.39, 0.29) is 10.8 Å². The first-order valence-corrected chi connectivity index (χ1v) is 8.79. The van der Waals surface area contributed by atoms with Crippen molar-refractivity contribution in [2.24, 2.45) is 0 Å². The van der Waals surface area contributed by atoms with Crippen LogP contribution in [-0.2, 0) is 13.8 Å². The Bertz CT molecular complexity index is 553. The molecule has 0 N–H and O–H groups in total. The summed E-state index contributed by atoms with van der Waals surface area (Å²) in [6, 6.07) is 3.34. The minimum Gasteiger partial charge on any atom is -0.493 e. The Balaban J connectivity index is 3.09. The van der Waals surface area contributed by atoms with Gasteiger partial charge in [0.1, 0.15) is 5.75 Å². The molecule has 1 rings (SSSR count). The standard InChI is InChI=1S/C14H21ClO4S/c1-10(2)12-9-14(20(15,16)17)11(3)8-13(12)19-7-5-6-18-4/h8-10H,5-7H2,1-4H3. The highest BCUT2D eigenvalue weighted by molar-refractivity contribution is 8.13. The molecule has 6 heteroatoms. The number of rotatable bonds is 7. The van der Waals surface area contributed by atoms with Crippen LogP contribution < -0.4 is 4.74 Å². The number of aryl methyl sites for hydroxylation is 1. The van der Waals surface area contributed by atoms with Gasteiger partial charge in [0.15, 0.2) is 0 Å². The van der Waals surface area contributed by atoms with Crippen LogP contribution in [0.5, 0.6) is 5.75 Å². The molecule has 0 fully saturated rings. The smallest absolute Gasteiger partial charge is 0.261 e. The molecule has 0 bridgehead atoms. The molecule has 1 aromatic carbocycles. The van der Waals surface area contributed by atoms with E-state index < -0.39 is 9.05 Å². The highest BCUT2D eigenvalue weighted by Crippen LogP contribution is 2.33. The normalized spacial score (nSPS) is 11.9. The first-order chi connectivity index (χ1) is 9.27. The van der Waals surface area contributed by atoms with Gasteiger partial charge >= 0.3 is 0 Å². The van der Waals surface area contributed by atoms with E-state index in [1.165, 1.54) is 0 Å². The zero-order valence-corrected chi connectivity index (χ0v) is 13.8. The molecule has 4 nitrogen and oxygen atoms in total. The Morgan fingerprint density at radius 1 is 1.25 bits per heavy atom. The molecule has 1 aromatic rings. The number of hydrogen-bond acceptors (Lipinski definition) is 4. The first-order valence-electron chi connectivity index (χ1n) is 6.48. The SMILES string of the molecule is COCCCOc1cc(C)c(S(=O)(=O)Cl)cc1C(C)C. The fourth-order valence-corrected chi connectivity index (χ4v) is 3.11. The molecule has 0 saturated heterocycles. The average molecular weight is 321 g/mol. The van der Waals surface area contributed by atoms with E-state index in [1.807, 2.05) is 13.8 Å². The van der Waals surface area contributed by atoms with E-state index in [4.69, 9.17) is 20.2 Å². The Kier molecular flexibility index (Phi) is 6.30. The summed E-state index contributed by atoms with van der Waals surface area (Å²) in [5.41, 5.74) is 1.43. The third kappa shape index (κ3) is 4.65. The summed E-state index contributed by atoms with van der Waals surface area (Å²) in [5, 5.41) is 0. The maximum absolute atomic E-state index is 11.5. The Morgan fingerprint density at radius 2 is 1.90 bits per heavy atom. The molecule has 0 amide bonds. The van der Waals surface area contributed by atoms with E-state index in [1.54, 1.807) is 26.2 Å². The van der Waals surface area contributed by atoms with Crippen molar-refractivity contribution in [2.75, 3.05) is 20.3 Å². The fourth-order valence-electron chi connectivity index (χ4n) is 1.90. The van der Waals surface area contributed by atoms with E-state index in [9.17, 15) is 8.42 Å². The third-order valence-electron chi connectivity index (χ3n) is 2.94. The molecule has 0 radical (unpaired) electrons. The molecule has 114 valence electrons. The number of halogens is 1. The molecule has 20 heavy (non-hydrogen) atoms. The Labute approximate surface area is 125 Å². The second-order valence-corrected chi connectivity index (χ2v) is 7.48. The van der Waals surface area contributed by atoms with E-state index >= 15 is 0 Å². The quantitative estimate of drug-likeness (QED) is 0.570. The lowest BCUT2D eigenvalue weighted by Gasteiger charge is -2.16. The van der Waals surface area contributed by atoms with Crippen molar-refractivity contribution in [2.45, 2.75) is 38.0 Å². The predicted molar refractivity (Wildman–Crippen MR) is 80.3 cm³/mol. The van der Waals surface area contributed by atoms with Gasteiger partial charge in [0.2, 0.25) is 0 Å². The van der Waals surface area contributed by atoms with Gasteiger partial charge in [-0.2, -0.15) is 0 Å². The molecule has 0 aromatic heterocycles. The van der Waals surface area contributed by atoms with Crippen LogP contribution in [0.3, 0.4) is 0 Å². The summed E-state index contributed by atoms with van der Waals surface area (Å²) < 4.78 is 33.8. The molecule has 0 spiro atoms. The molecule has 0 unspecified atom stereocenters. The second kappa shape index (κ2) is 7.29. The summed E-state index contributed by atoms with van der Waals surface area (Å²) in [6.45, 7) is 6.83. The fraction of sp³-hybridized carbons (Fsp3) is 0.571. The summed E-state index contributed by atoms with van der Waals surface area (Å²) >= 11 is 0. The van der Waals surface area contributed by atoms with Gasteiger partial charge < -0.3 is 9.47 Å². The second-order valence-electron chi connectivity index (χ2n) is 4.94. The van der Waals surface area contributed by atoms with E-state index in [2.05, 4.69) is 0 Å². The monoisotopic (exact) mass is 320 g/mol. The maximum atomic E-state index is 11.5. The maximum Gasteiger partial charge on any atom is 0.261 e. The highest BCUT2D eigenvalue weighted by atomic mass is 35.7. The molecular weight excluding hydrogens is 300 g/mol. The zero-order valence-electron chi connectivity index (χ0n) is 12.3. The van der Waals surface area contributed by atoms with Gasteiger partial charge in [-0.15, -0.1) is 0 Å². The number of methoxy groups -OCH3 is 1. The van der Waals surface area contributed by atoms with Gasteiger partial charge in [-0.05, 0) is 36.1 Å². The molecule has 0 aliphatic heterocycles. The van der Waals surface area contributed by atoms with Crippen LogP contribution in [0.25, 0.3) is 0 Å². The molecule has 0 aliphatic carbocycles. The van der Waals surface area contributed by atoms with Gasteiger partial charge in [-0.25, -0.2) is 8.42 Å². The van der Waals surface area contributed by atoms with Crippen molar-refractivity contribution in [1.82, 2.24) is 0 Å². The van der Waals surface area contributed by atoms with Crippen LogP contribution in [0.4, 0.5) is 0 Å². The van der Waals surface area contributed by atoms with Gasteiger partial charge in [0, 0.05) is 30.8 Å². The summed E-state index contributed by atoms with van der Waals surface area (Å²) in [4.78, 5) is 0.145. The lowest BCUT2D eigenvalue weighted by molar-refractivity contribution is 0.171. The third-order valence-corrected chi connectivity index (χ3v) is 4.41. The van der Waals surface area contributed by atoms with Crippen LogP contribution in [0.1, 0.15) is 37.3 Å². The number of ether oxygens (including phenoxy) is 2. The molecular formula is C14H21ClO4S. The van der Waals surface area contributed by atoms with Crippen molar-refractivity contribution in [3.05, 3.63) is 23.3 Å². The van der Waals surface area contributed by atoms with Crippen molar-refractivity contribution in [1.29, 1.82) is 0 Å².